The number of carboxylic acids is 3. The van der Waals surface area contributed by atoms with Crippen molar-refractivity contribution < 1.29 is 58.8 Å². The van der Waals surface area contributed by atoms with E-state index in [0.29, 0.717) is 5.56 Å². The summed E-state index contributed by atoms with van der Waals surface area (Å²) in [7, 11) is 0. The van der Waals surface area contributed by atoms with Crippen molar-refractivity contribution in [2.24, 2.45) is 5.73 Å². The van der Waals surface area contributed by atoms with E-state index in [-0.39, 0.29) is 12.8 Å². The van der Waals surface area contributed by atoms with Crippen LogP contribution in [-0.2, 0) is 44.8 Å². The zero-order valence-corrected chi connectivity index (χ0v) is 25.2. The number of hydrogen-bond acceptors (Lipinski definition) is 10. The summed E-state index contributed by atoms with van der Waals surface area (Å²) in [6.45, 7) is 2.00. The number of aliphatic hydroxyl groups excluding tert-OH is 1. The van der Waals surface area contributed by atoms with Crippen LogP contribution in [0.25, 0.3) is 0 Å². The number of amides is 5. The molecule has 1 aromatic carbocycles. The first-order valence-electron chi connectivity index (χ1n) is 14.1. The average Bonchev–Trinajstić information content (AvgIpc) is 2.98. The smallest absolute Gasteiger partial charge is 0.326 e. The van der Waals surface area contributed by atoms with Gasteiger partial charge in [0.1, 0.15) is 30.2 Å². The normalized spacial score (nSPS) is 14.6. The van der Waals surface area contributed by atoms with Gasteiger partial charge in [0.25, 0.3) is 0 Å². The first-order chi connectivity index (χ1) is 21.5. The second kappa shape index (κ2) is 19.3. The van der Waals surface area contributed by atoms with Crippen molar-refractivity contribution in [3.05, 3.63) is 35.9 Å². The lowest BCUT2D eigenvalue weighted by atomic mass is 10.0. The Balaban J connectivity index is 2.94. The lowest BCUT2D eigenvalue weighted by Crippen LogP contribution is -2.58. The molecule has 254 valence electrons. The van der Waals surface area contributed by atoms with Crippen LogP contribution in [0.4, 0.5) is 0 Å². The maximum Gasteiger partial charge on any atom is 0.326 e. The van der Waals surface area contributed by atoms with Gasteiger partial charge in [0.2, 0.25) is 29.5 Å². The summed E-state index contributed by atoms with van der Waals surface area (Å²) >= 11 is 0. The fourth-order valence-corrected chi connectivity index (χ4v) is 3.89. The molecule has 0 aliphatic carbocycles. The van der Waals surface area contributed by atoms with Gasteiger partial charge in [-0.25, -0.2) is 4.79 Å². The van der Waals surface area contributed by atoms with Gasteiger partial charge in [-0.15, -0.1) is 0 Å². The van der Waals surface area contributed by atoms with E-state index in [1.54, 1.807) is 30.3 Å². The third-order valence-electron chi connectivity index (χ3n) is 6.46. The molecule has 0 radical (unpaired) electrons. The molecule has 1 rings (SSSR count). The summed E-state index contributed by atoms with van der Waals surface area (Å²) in [4.78, 5) is 97.1. The lowest BCUT2D eigenvalue weighted by Gasteiger charge is -2.25. The first-order valence-corrected chi connectivity index (χ1v) is 14.1. The number of aliphatic carboxylic acids is 3. The predicted molar refractivity (Wildman–Crippen MR) is 158 cm³/mol. The number of aliphatic hydroxyl groups is 1. The second-order valence-electron chi connectivity index (χ2n) is 10.3. The second-order valence-corrected chi connectivity index (χ2v) is 10.3. The molecule has 0 spiro atoms. The molecule has 0 aliphatic rings. The van der Waals surface area contributed by atoms with Crippen molar-refractivity contribution in [3.8, 4) is 0 Å². The van der Waals surface area contributed by atoms with Gasteiger partial charge in [0.15, 0.2) is 0 Å². The standard InChI is InChI=1S/C28H40N6O12/c1-14(31-26(43)18(8-9-21(36)37)32-25(42)17(29)13-22(38)39)23(40)30-15(2)24(41)34-20(12-16-6-4-3-5-7-16)27(44)33-19(10-11-35)28(45)46/h3-7,14-15,17-20,35H,8-13,29H2,1-2H3,(H,30,40)(H,31,43)(H,32,42)(H,33,44)(H,34,41)(H,36,37)(H,38,39)(H,45,46)/t14-,15-,17-,18-,19-,20-/m0/s1. The van der Waals surface area contributed by atoms with Crippen LogP contribution in [0.1, 0.15) is 45.1 Å². The van der Waals surface area contributed by atoms with Crippen LogP contribution in [-0.4, -0.2) is 111 Å². The van der Waals surface area contributed by atoms with E-state index in [4.69, 9.17) is 21.1 Å². The van der Waals surface area contributed by atoms with Crippen molar-refractivity contribution in [1.29, 1.82) is 0 Å². The number of hydrogen-bond donors (Lipinski definition) is 10. The maximum absolute atomic E-state index is 13.0. The Hall–Kier alpha value is -5.10. The van der Waals surface area contributed by atoms with Gasteiger partial charge in [-0.2, -0.15) is 0 Å². The molecule has 5 amide bonds. The molecular formula is C28H40N6O12. The summed E-state index contributed by atoms with van der Waals surface area (Å²) in [6, 6.07) is 0.147. The van der Waals surface area contributed by atoms with Crippen molar-refractivity contribution in [3.63, 3.8) is 0 Å². The summed E-state index contributed by atoms with van der Waals surface area (Å²) < 4.78 is 0. The Kier molecular flexibility index (Phi) is 16.3. The van der Waals surface area contributed by atoms with Gasteiger partial charge in [0.05, 0.1) is 12.5 Å². The Labute approximate surface area is 263 Å². The summed E-state index contributed by atoms with van der Waals surface area (Å²) in [5.41, 5.74) is 6.12. The van der Waals surface area contributed by atoms with Gasteiger partial charge in [-0.1, -0.05) is 30.3 Å². The number of carbonyl (C=O) groups excluding carboxylic acids is 5. The molecule has 18 nitrogen and oxygen atoms in total. The monoisotopic (exact) mass is 652 g/mol. The van der Waals surface area contributed by atoms with Crippen LogP contribution in [0.15, 0.2) is 30.3 Å². The Bertz CT molecular complexity index is 1260. The fourth-order valence-electron chi connectivity index (χ4n) is 3.89. The predicted octanol–water partition coefficient (Wildman–Crippen LogP) is -3.17. The number of nitrogens with one attached hydrogen (secondary N) is 5. The van der Waals surface area contributed by atoms with Crippen LogP contribution >= 0.6 is 0 Å². The number of carboxylic acid groups (broad SMARTS) is 3. The fraction of sp³-hybridized carbons (Fsp3) is 0.500. The highest BCUT2D eigenvalue weighted by atomic mass is 16.4. The van der Waals surface area contributed by atoms with Crippen molar-refractivity contribution >= 4 is 47.4 Å². The molecule has 0 unspecified atom stereocenters. The van der Waals surface area contributed by atoms with E-state index in [2.05, 4.69) is 26.6 Å². The molecule has 0 aliphatic heterocycles. The van der Waals surface area contributed by atoms with Crippen LogP contribution in [0, 0.1) is 0 Å². The molecule has 46 heavy (non-hydrogen) atoms. The van der Waals surface area contributed by atoms with E-state index < -0.39 is 110 Å². The molecular weight excluding hydrogens is 612 g/mol. The number of carbonyl (C=O) groups is 8. The Morgan fingerprint density at radius 2 is 1.15 bits per heavy atom. The summed E-state index contributed by atoms with van der Waals surface area (Å²) in [5, 5.41) is 47.8. The molecule has 0 fully saturated rings. The highest BCUT2D eigenvalue weighted by Crippen LogP contribution is 2.06. The third-order valence-corrected chi connectivity index (χ3v) is 6.46. The van der Waals surface area contributed by atoms with Crippen LogP contribution in [0.2, 0.25) is 0 Å². The topological polar surface area (TPSA) is 304 Å². The molecule has 0 heterocycles. The highest BCUT2D eigenvalue weighted by Gasteiger charge is 2.31. The number of nitrogens with two attached hydrogens (primary N) is 1. The van der Waals surface area contributed by atoms with Crippen LogP contribution in [0.5, 0.6) is 0 Å². The number of rotatable bonds is 20. The van der Waals surface area contributed by atoms with E-state index in [0.717, 1.165) is 0 Å². The Morgan fingerprint density at radius 3 is 1.67 bits per heavy atom. The highest BCUT2D eigenvalue weighted by molar-refractivity contribution is 5.96. The maximum atomic E-state index is 13.0. The SMILES string of the molecule is C[C@H](NC(=O)[C@H](C)NC(=O)[C@H](CCC(=O)O)NC(=O)[C@@H](N)CC(=O)O)C(=O)N[C@@H](Cc1ccccc1)C(=O)N[C@@H](CCO)C(=O)O. The molecule has 18 heteroatoms. The van der Waals surface area contributed by atoms with Crippen LogP contribution in [0.3, 0.4) is 0 Å². The first kappa shape index (κ1) is 38.9. The molecule has 0 bridgehead atoms. The molecule has 6 atom stereocenters. The largest absolute Gasteiger partial charge is 0.481 e. The van der Waals surface area contributed by atoms with Crippen molar-refractivity contribution in [2.45, 2.75) is 82.2 Å². The minimum Gasteiger partial charge on any atom is -0.481 e. The van der Waals surface area contributed by atoms with E-state index in [1.807, 2.05) is 0 Å². The minimum absolute atomic E-state index is 0.0451. The van der Waals surface area contributed by atoms with E-state index in [1.165, 1.54) is 13.8 Å². The Morgan fingerprint density at radius 1 is 0.652 bits per heavy atom. The van der Waals surface area contributed by atoms with Gasteiger partial charge in [-0.05, 0) is 25.8 Å². The van der Waals surface area contributed by atoms with E-state index >= 15 is 0 Å². The average molecular weight is 653 g/mol. The summed E-state index contributed by atoms with van der Waals surface area (Å²) in [5.74, 6) is -8.64. The van der Waals surface area contributed by atoms with Crippen molar-refractivity contribution in [2.75, 3.05) is 6.61 Å². The molecule has 0 saturated carbocycles. The minimum atomic E-state index is -1.53. The van der Waals surface area contributed by atoms with Gasteiger partial charge < -0.3 is 52.7 Å². The van der Waals surface area contributed by atoms with Gasteiger partial charge in [-0.3, -0.25) is 33.6 Å². The quantitative estimate of drug-likeness (QED) is 0.0665. The lowest BCUT2D eigenvalue weighted by molar-refractivity contribution is -0.143. The molecule has 0 aromatic heterocycles. The number of benzene rings is 1. The van der Waals surface area contributed by atoms with Gasteiger partial charge in [0, 0.05) is 25.9 Å². The molecule has 11 N–H and O–H groups in total. The molecule has 1 aromatic rings. The van der Waals surface area contributed by atoms with Gasteiger partial charge >= 0.3 is 17.9 Å². The van der Waals surface area contributed by atoms with Crippen molar-refractivity contribution in [1.82, 2.24) is 26.6 Å². The summed E-state index contributed by atoms with van der Waals surface area (Å²) in [6.07, 6.45) is -2.05. The van der Waals surface area contributed by atoms with E-state index in [9.17, 15) is 43.5 Å². The zero-order chi connectivity index (χ0) is 35.0. The van der Waals surface area contributed by atoms with Crippen LogP contribution < -0.4 is 32.3 Å². The zero-order valence-electron chi connectivity index (χ0n) is 25.2. The molecule has 0 saturated heterocycles. The third kappa shape index (κ3) is 14.1.